The van der Waals surface area contributed by atoms with E-state index in [1.54, 1.807) is 0 Å². The van der Waals surface area contributed by atoms with E-state index in [1.807, 2.05) is 0 Å². The van der Waals surface area contributed by atoms with Gasteiger partial charge in [-0.1, -0.05) is 15.9 Å². The van der Waals surface area contributed by atoms with Crippen LogP contribution in [0.4, 0.5) is 0 Å². The number of ether oxygens (including phenoxy) is 2. The van der Waals surface area contributed by atoms with Crippen LogP contribution in [-0.2, 0) is 11.3 Å². The monoisotopic (exact) mass is 339 g/mol. The Labute approximate surface area is 129 Å². The minimum atomic E-state index is 0.544. The van der Waals surface area contributed by atoms with Crippen LogP contribution >= 0.6 is 15.9 Å². The van der Waals surface area contributed by atoms with Crippen LogP contribution in [0.5, 0.6) is 5.75 Å². The van der Waals surface area contributed by atoms with Crippen LogP contribution in [0.1, 0.15) is 30.4 Å². The van der Waals surface area contributed by atoms with Crippen LogP contribution in [0.15, 0.2) is 16.6 Å². The van der Waals surface area contributed by atoms with E-state index in [9.17, 15) is 0 Å². The second-order valence-corrected chi connectivity index (χ2v) is 6.82. The number of nitrogens with one attached hydrogen (secondary N) is 1. The van der Waals surface area contributed by atoms with Gasteiger partial charge in [0.25, 0.3) is 0 Å². The zero-order valence-electron chi connectivity index (χ0n) is 12.0. The molecule has 1 atom stereocenters. The number of benzene rings is 1. The van der Waals surface area contributed by atoms with Crippen molar-refractivity contribution in [1.82, 2.24) is 5.32 Å². The highest BCUT2D eigenvalue weighted by atomic mass is 79.9. The SMILES string of the molecule is Cc1cc(Br)cc(CNC2CC2)c1OCC1CCOC1. The molecule has 2 fully saturated rings. The summed E-state index contributed by atoms with van der Waals surface area (Å²) in [6.45, 7) is 5.49. The lowest BCUT2D eigenvalue weighted by Crippen LogP contribution is -2.18. The summed E-state index contributed by atoms with van der Waals surface area (Å²) in [5.41, 5.74) is 2.45. The number of hydrogen-bond acceptors (Lipinski definition) is 3. The predicted octanol–water partition coefficient (Wildman–Crippen LogP) is 3.42. The first-order valence-electron chi connectivity index (χ1n) is 7.45. The van der Waals surface area contributed by atoms with Crippen molar-refractivity contribution in [3.8, 4) is 5.75 Å². The molecule has 1 N–H and O–H groups in total. The maximum atomic E-state index is 6.12. The van der Waals surface area contributed by atoms with Gasteiger partial charge in [0.05, 0.1) is 13.2 Å². The van der Waals surface area contributed by atoms with Gasteiger partial charge in [0.2, 0.25) is 0 Å². The lowest BCUT2D eigenvalue weighted by atomic mass is 10.1. The summed E-state index contributed by atoms with van der Waals surface area (Å²) in [6.07, 6.45) is 3.73. The zero-order chi connectivity index (χ0) is 13.9. The highest BCUT2D eigenvalue weighted by molar-refractivity contribution is 9.10. The first kappa shape index (κ1) is 14.4. The fourth-order valence-corrected chi connectivity index (χ4v) is 3.21. The number of aryl methyl sites for hydroxylation is 1. The lowest BCUT2D eigenvalue weighted by Gasteiger charge is -2.17. The second-order valence-electron chi connectivity index (χ2n) is 5.91. The molecule has 1 aromatic carbocycles. The van der Waals surface area contributed by atoms with Crippen molar-refractivity contribution in [3.63, 3.8) is 0 Å². The highest BCUT2D eigenvalue weighted by Crippen LogP contribution is 2.30. The summed E-state index contributed by atoms with van der Waals surface area (Å²) in [7, 11) is 0. The molecule has 110 valence electrons. The van der Waals surface area contributed by atoms with Crippen LogP contribution in [0.25, 0.3) is 0 Å². The van der Waals surface area contributed by atoms with Crippen LogP contribution in [0.3, 0.4) is 0 Å². The highest BCUT2D eigenvalue weighted by Gasteiger charge is 2.22. The van der Waals surface area contributed by atoms with Crippen LogP contribution < -0.4 is 10.1 Å². The van der Waals surface area contributed by atoms with Crippen LogP contribution in [0.2, 0.25) is 0 Å². The molecule has 1 unspecified atom stereocenters. The van der Waals surface area contributed by atoms with Crippen LogP contribution in [-0.4, -0.2) is 25.9 Å². The third-order valence-electron chi connectivity index (χ3n) is 3.96. The van der Waals surface area contributed by atoms with Gasteiger partial charge in [-0.25, -0.2) is 0 Å². The molecule has 20 heavy (non-hydrogen) atoms. The minimum Gasteiger partial charge on any atom is -0.493 e. The van der Waals surface area contributed by atoms with E-state index in [0.717, 1.165) is 43.0 Å². The smallest absolute Gasteiger partial charge is 0.126 e. The van der Waals surface area contributed by atoms with E-state index in [4.69, 9.17) is 9.47 Å². The number of hydrogen-bond donors (Lipinski definition) is 1. The normalized spacial score (nSPS) is 22.2. The summed E-state index contributed by atoms with van der Waals surface area (Å²) >= 11 is 3.58. The second kappa shape index (κ2) is 6.46. The molecule has 0 spiro atoms. The zero-order valence-corrected chi connectivity index (χ0v) is 13.5. The topological polar surface area (TPSA) is 30.5 Å². The maximum Gasteiger partial charge on any atom is 0.126 e. The van der Waals surface area contributed by atoms with Crippen LogP contribution in [0, 0.1) is 12.8 Å². The molecule has 1 saturated heterocycles. The van der Waals surface area contributed by atoms with Gasteiger partial charge in [-0.15, -0.1) is 0 Å². The van der Waals surface area contributed by atoms with Crippen molar-refractivity contribution in [2.45, 2.75) is 38.8 Å². The van der Waals surface area contributed by atoms with E-state index >= 15 is 0 Å². The molecule has 2 aliphatic rings. The molecular formula is C16H22BrNO2. The van der Waals surface area contributed by atoms with Crippen molar-refractivity contribution in [3.05, 3.63) is 27.7 Å². The minimum absolute atomic E-state index is 0.544. The molecule has 4 heteroatoms. The summed E-state index contributed by atoms with van der Waals surface area (Å²) in [5, 5.41) is 3.57. The number of rotatable bonds is 6. The van der Waals surface area contributed by atoms with Gasteiger partial charge in [0.15, 0.2) is 0 Å². The predicted molar refractivity (Wildman–Crippen MR) is 83.2 cm³/mol. The summed E-state index contributed by atoms with van der Waals surface area (Å²) in [5.74, 6) is 1.59. The Morgan fingerprint density at radius 3 is 2.90 bits per heavy atom. The Bertz CT molecular complexity index is 468. The van der Waals surface area contributed by atoms with Crippen molar-refractivity contribution < 1.29 is 9.47 Å². The van der Waals surface area contributed by atoms with Gasteiger partial charge in [-0.05, 0) is 43.9 Å². The molecule has 1 aliphatic carbocycles. The third-order valence-corrected chi connectivity index (χ3v) is 4.42. The Hall–Kier alpha value is -0.580. The molecule has 1 aliphatic heterocycles. The summed E-state index contributed by atoms with van der Waals surface area (Å²) in [4.78, 5) is 0. The fraction of sp³-hybridized carbons (Fsp3) is 0.625. The first-order valence-corrected chi connectivity index (χ1v) is 8.24. The van der Waals surface area contributed by atoms with E-state index in [2.05, 4.69) is 40.3 Å². The largest absolute Gasteiger partial charge is 0.493 e. The lowest BCUT2D eigenvalue weighted by molar-refractivity contribution is 0.166. The first-order chi connectivity index (χ1) is 9.72. The average molecular weight is 340 g/mol. The molecule has 0 bridgehead atoms. The van der Waals surface area contributed by atoms with Gasteiger partial charge in [0.1, 0.15) is 5.75 Å². The molecule has 1 aromatic rings. The van der Waals surface area contributed by atoms with Crippen molar-refractivity contribution in [2.75, 3.05) is 19.8 Å². The van der Waals surface area contributed by atoms with Gasteiger partial charge in [-0.2, -0.15) is 0 Å². The molecule has 0 aromatic heterocycles. The van der Waals surface area contributed by atoms with E-state index < -0.39 is 0 Å². The Morgan fingerprint density at radius 2 is 2.20 bits per heavy atom. The van der Waals surface area contributed by atoms with Gasteiger partial charge in [0, 0.05) is 35.1 Å². The maximum absolute atomic E-state index is 6.12. The molecule has 1 saturated carbocycles. The summed E-state index contributed by atoms with van der Waals surface area (Å²) < 4.78 is 12.7. The molecular weight excluding hydrogens is 318 g/mol. The fourth-order valence-electron chi connectivity index (χ4n) is 2.59. The van der Waals surface area contributed by atoms with E-state index in [1.165, 1.54) is 24.0 Å². The quantitative estimate of drug-likeness (QED) is 0.861. The molecule has 0 radical (unpaired) electrons. The van der Waals surface area contributed by atoms with Crippen molar-refractivity contribution >= 4 is 15.9 Å². The Balaban J connectivity index is 1.68. The Morgan fingerprint density at radius 1 is 1.35 bits per heavy atom. The van der Waals surface area contributed by atoms with Gasteiger partial charge in [-0.3, -0.25) is 0 Å². The molecule has 1 heterocycles. The molecule has 3 rings (SSSR count). The molecule has 0 amide bonds. The average Bonchev–Trinajstić information content (AvgIpc) is 3.10. The van der Waals surface area contributed by atoms with Gasteiger partial charge < -0.3 is 14.8 Å². The van der Waals surface area contributed by atoms with E-state index in [0.29, 0.717) is 12.0 Å². The van der Waals surface area contributed by atoms with Gasteiger partial charge >= 0.3 is 0 Å². The third kappa shape index (κ3) is 3.74. The van der Waals surface area contributed by atoms with E-state index in [-0.39, 0.29) is 0 Å². The standard InChI is InChI=1S/C16H22BrNO2/c1-11-6-14(17)7-13(8-18-15-2-3-15)16(11)20-10-12-4-5-19-9-12/h6-7,12,15,18H,2-5,8-10H2,1H3. The number of halogens is 1. The van der Waals surface area contributed by atoms with Crippen molar-refractivity contribution in [1.29, 1.82) is 0 Å². The van der Waals surface area contributed by atoms with Crippen molar-refractivity contribution in [2.24, 2.45) is 5.92 Å². The Kier molecular flexibility index (Phi) is 4.64. The molecule has 3 nitrogen and oxygen atoms in total. The summed E-state index contributed by atoms with van der Waals surface area (Å²) in [6, 6.07) is 5.01.